The zero-order valence-corrected chi connectivity index (χ0v) is 12.8. The molecule has 1 N–H and O–H groups in total. The van der Waals surface area contributed by atoms with Crippen LogP contribution < -0.4 is 0 Å². The number of fused-ring (bicyclic) bond motifs is 1. The van der Waals surface area contributed by atoms with Crippen molar-refractivity contribution in [2.45, 2.75) is 37.8 Å². The van der Waals surface area contributed by atoms with Gasteiger partial charge in [-0.1, -0.05) is 11.6 Å². The lowest BCUT2D eigenvalue weighted by atomic mass is 10.2. The molecule has 2 aromatic rings. The first-order chi connectivity index (χ1) is 10.3. The van der Waals surface area contributed by atoms with Gasteiger partial charge in [0.2, 0.25) is 0 Å². The number of likely N-dealkylation sites (tertiary alicyclic amines) is 1. The van der Waals surface area contributed by atoms with Gasteiger partial charge in [-0.2, -0.15) is 0 Å². The van der Waals surface area contributed by atoms with Crippen LogP contribution in [-0.2, 0) is 4.74 Å². The third-order valence-electron chi connectivity index (χ3n) is 4.60. The zero-order chi connectivity index (χ0) is 14.2. The number of H-pyrrole nitrogens is 1. The Balaban J connectivity index is 1.57. The quantitative estimate of drug-likeness (QED) is 0.943. The number of imidazole rings is 1. The molecule has 3 heterocycles. The molecule has 0 aliphatic carbocycles. The fourth-order valence-electron chi connectivity index (χ4n) is 3.56. The Labute approximate surface area is 129 Å². The predicted molar refractivity (Wildman–Crippen MR) is 83.6 cm³/mol. The third kappa shape index (κ3) is 2.68. The molecule has 2 atom stereocenters. The van der Waals surface area contributed by atoms with Crippen molar-refractivity contribution in [1.82, 2.24) is 14.9 Å². The van der Waals surface area contributed by atoms with Gasteiger partial charge in [-0.3, -0.25) is 4.90 Å². The van der Waals surface area contributed by atoms with Crippen molar-refractivity contribution in [2.75, 3.05) is 19.7 Å². The molecule has 0 amide bonds. The molecule has 1 aromatic carbocycles. The molecule has 112 valence electrons. The van der Waals surface area contributed by atoms with Gasteiger partial charge in [0.25, 0.3) is 0 Å². The largest absolute Gasteiger partial charge is 0.377 e. The highest BCUT2D eigenvalue weighted by Gasteiger charge is 2.31. The summed E-state index contributed by atoms with van der Waals surface area (Å²) in [7, 11) is 0. The molecule has 0 spiro atoms. The molecule has 0 radical (unpaired) electrons. The molecule has 1 aromatic heterocycles. The van der Waals surface area contributed by atoms with E-state index in [0.29, 0.717) is 12.1 Å². The average molecular weight is 306 g/mol. The predicted octanol–water partition coefficient (Wildman–Crippen LogP) is 3.53. The van der Waals surface area contributed by atoms with Crippen LogP contribution in [0.15, 0.2) is 18.2 Å². The maximum absolute atomic E-state index is 6.05. The van der Waals surface area contributed by atoms with Crippen molar-refractivity contribution in [2.24, 2.45) is 0 Å². The van der Waals surface area contributed by atoms with E-state index >= 15 is 0 Å². The molecule has 0 saturated carbocycles. The van der Waals surface area contributed by atoms with Crippen molar-refractivity contribution in [1.29, 1.82) is 0 Å². The minimum atomic E-state index is 0.389. The van der Waals surface area contributed by atoms with E-state index in [9.17, 15) is 0 Å². The highest BCUT2D eigenvalue weighted by atomic mass is 35.5. The van der Waals surface area contributed by atoms with E-state index in [0.717, 1.165) is 41.6 Å². The third-order valence-corrected chi connectivity index (χ3v) is 4.84. The minimum Gasteiger partial charge on any atom is -0.377 e. The molecule has 2 aliphatic heterocycles. The number of benzene rings is 1. The van der Waals surface area contributed by atoms with Crippen molar-refractivity contribution >= 4 is 22.6 Å². The van der Waals surface area contributed by atoms with E-state index in [-0.39, 0.29) is 0 Å². The van der Waals surface area contributed by atoms with Crippen molar-refractivity contribution in [3.63, 3.8) is 0 Å². The first-order valence-electron chi connectivity index (χ1n) is 7.80. The molecule has 0 unspecified atom stereocenters. The monoisotopic (exact) mass is 305 g/mol. The number of ether oxygens (including phenoxy) is 1. The molecule has 2 aliphatic rings. The second kappa shape index (κ2) is 5.59. The standard InChI is InChI=1S/C16H20ClN3O/c17-11-5-6-13-14(9-11)19-16(18-13)15-4-1-7-20(15)10-12-3-2-8-21-12/h5-6,9,12,15H,1-4,7-8,10H2,(H,18,19)/t12-,15+/m0/s1. The van der Waals surface area contributed by atoms with Gasteiger partial charge in [0.15, 0.2) is 0 Å². The molecule has 21 heavy (non-hydrogen) atoms. The van der Waals surface area contributed by atoms with Crippen LogP contribution in [0.2, 0.25) is 5.02 Å². The van der Waals surface area contributed by atoms with Gasteiger partial charge in [-0.25, -0.2) is 4.98 Å². The normalized spacial score (nSPS) is 26.9. The van der Waals surface area contributed by atoms with Gasteiger partial charge in [0.1, 0.15) is 5.82 Å². The van der Waals surface area contributed by atoms with E-state index in [1.54, 1.807) is 0 Å². The summed E-state index contributed by atoms with van der Waals surface area (Å²) in [6.45, 7) is 3.09. The van der Waals surface area contributed by atoms with Gasteiger partial charge in [0.05, 0.1) is 23.2 Å². The van der Waals surface area contributed by atoms with Gasteiger partial charge in [0, 0.05) is 18.2 Å². The smallest absolute Gasteiger partial charge is 0.124 e. The van der Waals surface area contributed by atoms with Crippen LogP contribution in [0.3, 0.4) is 0 Å². The summed E-state index contributed by atoms with van der Waals surface area (Å²) in [6, 6.07) is 6.22. The molecule has 4 nitrogen and oxygen atoms in total. The number of nitrogens with zero attached hydrogens (tertiary/aromatic N) is 2. The fourth-order valence-corrected chi connectivity index (χ4v) is 3.74. The van der Waals surface area contributed by atoms with Crippen LogP contribution in [0.4, 0.5) is 0 Å². The van der Waals surface area contributed by atoms with Crippen molar-refractivity contribution in [3.8, 4) is 0 Å². The Hall–Kier alpha value is -1.10. The number of aromatic nitrogens is 2. The Bertz CT molecular complexity index is 635. The van der Waals surface area contributed by atoms with E-state index in [2.05, 4.69) is 9.88 Å². The van der Waals surface area contributed by atoms with E-state index in [1.807, 2.05) is 18.2 Å². The highest BCUT2D eigenvalue weighted by molar-refractivity contribution is 6.31. The molecule has 2 fully saturated rings. The number of aromatic amines is 1. The maximum atomic E-state index is 6.05. The van der Waals surface area contributed by atoms with Crippen molar-refractivity contribution in [3.05, 3.63) is 29.0 Å². The fraction of sp³-hybridized carbons (Fsp3) is 0.562. The molecule has 5 heteroatoms. The van der Waals surface area contributed by atoms with Crippen molar-refractivity contribution < 1.29 is 4.74 Å². The lowest BCUT2D eigenvalue weighted by Gasteiger charge is -2.25. The second-order valence-corrected chi connectivity index (χ2v) is 6.51. The molecule has 0 bridgehead atoms. The summed E-state index contributed by atoms with van der Waals surface area (Å²) in [5, 5.41) is 0.750. The van der Waals surface area contributed by atoms with Crippen LogP contribution in [0, 0.1) is 0 Å². The van der Waals surface area contributed by atoms with Crippen LogP contribution in [0.25, 0.3) is 11.0 Å². The lowest BCUT2D eigenvalue weighted by Crippen LogP contribution is -2.32. The summed E-state index contributed by atoms with van der Waals surface area (Å²) < 4.78 is 5.78. The summed E-state index contributed by atoms with van der Waals surface area (Å²) >= 11 is 6.05. The van der Waals surface area contributed by atoms with E-state index in [1.165, 1.54) is 25.7 Å². The minimum absolute atomic E-state index is 0.389. The summed E-state index contributed by atoms with van der Waals surface area (Å²) in [5.41, 5.74) is 2.03. The molecule has 2 saturated heterocycles. The van der Waals surface area contributed by atoms with Crippen LogP contribution >= 0.6 is 11.6 Å². The zero-order valence-electron chi connectivity index (χ0n) is 12.0. The topological polar surface area (TPSA) is 41.2 Å². The van der Waals surface area contributed by atoms with Gasteiger partial charge in [-0.15, -0.1) is 0 Å². The van der Waals surface area contributed by atoms with Crippen LogP contribution in [-0.4, -0.2) is 40.7 Å². The van der Waals surface area contributed by atoms with E-state index < -0.39 is 0 Å². The number of rotatable bonds is 3. The number of halogens is 1. The first-order valence-corrected chi connectivity index (χ1v) is 8.18. The van der Waals surface area contributed by atoms with Gasteiger partial charge < -0.3 is 9.72 Å². The molecular formula is C16H20ClN3O. The van der Waals surface area contributed by atoms with Gasteiger partial charge in [-0.05, 0) is 50.4 Å². The SMILES string of the molecule is Clc1ccc2nc([C@H]3CCCN3C[C@@H]3CCCO3)[nH]c2c1. The Kier molecular flexibility index (Phi) is 3.61. The highest BCUT2D eigenvalue weighted by Crippen LogP contribution is 2.32. The summed E-state index contributed by atoms with van der Waals surface area (Å²) in [6.07, 6.45) is 5.20. The Morgan fingerprint density at radius 2 is 2.29 bits per heavy atom. The van der Waals surface area contributed by atoms with E-state index in [4.69, 9.17) is 21.3 Å². The summed E-state index contributed by atoms with van der Waals surface area (Å²) in [4.78, 5) is 10.7. The first kappa shape index (κ1) is 13.6. The summed E-state index contributed by atoms with van der Waals surface area (Å²) in [5.74, 6) is 1.07. The second-order valence-electron chi connectivity index (χ2n) is 6.07. The number of hydrogen-bond acceptors (Lipinski definition) is 3. The number of hydrogen-bond donors (Lipinski definition) is 1. The average Bonchev–Trinajstić information content (AvgIpc) is 3.18. The van der Waals surface area contributed by atoms with Crippen LogP contribution in [0.1, 0.15) is 37.5 Å². The molecule has 4 rings (SSSR count). The maximum Gasteiger partial charge on any atom is 0.124 e. The Morgan fingerprint density at radius 3 is 3.14 bits per heavy atom. The Morgan fingerprint density at radius 1 is 1.33 bits per heavy atom. The van der Waals surface area contributed by atoms with Crippen LogP contribution in [0.5, 0.6) is 0 Å². The number of nitrogens with one attached hydrogen (secondary N) is 1. The van der Waals surface area contributed by atoms with Gasteiger partial charge >= 0.3 is 0 Å². The lowest BCUT2D eigenvalue weighted by molar-refractivity contribution is 0.0679. The molecular weight excluding hydrogens is 286 g/mol.